The lowest BCUT2D eigenvalue weighted by molar-refractivity contribution is 0.0527. The van der Waals surface area contributed by atoms with Crippen molar-refractivity contribution >= 4 is 28.0 Å². The van der Waals surface area contributed by atoms with Gasteiger partial charge in [-0.1, -0.05) is 12.1 Å². The first-order valence-electron chi connectivity index (χ1n) is 5.38. The topological polar surface area (TPSA) is 38.3 Å². The van der Waals surface area contributed by atoms with Crippen LogP contribution in [0.1, 0.15) is 17.3 Å². The summed E-state index contributed by atoms with van der Waals surface area (Å²) < 4.78 is 5.01. The van der Waals surface area contributed by atoms with E-state index >= 15 is 0 Å². The molecule has 1 aromatic carbocycles. The van der Waals surface area contributed by atoms with Gasteiger partial charge in [0.25, 0.3) is 0 Å². The van der Waals surface area contributed by atoms with Crippen LogP contribution in [-0.4, -0.2) is 12.6 Å². The second kappa shape index (κ2) is 5.50. The Kier molecular flexibility index (Phi) is 3.77. The van der Waals surface area contributed by atoms with Crippen LogP contribution in [0.15, 0.2) is 41.8 Å². The maximum atomic E-state index is 11.7. The fraction of sp³-hybridized carbons (Fsp3) is 0.154. The summed E-state index contributed by atoms with van der Waals surface area (Å²) in [6.07, 6.45) is 0. The molecule has 0 saturated carbocycles. The lowest BCUT2D eigenvalue weighted by atomic mass is 10.2. The molecule has 0 atom stereocenters. The number of anilines is 2. The molecule has 88 valence electrons. The SMILES string of the molecule is CCOC(=O)c1ccccc1Nc1cccs1. The molecule has 2 rings (SSSR count). The third kappa shape index (κ3) is 2.85. The Hall–Kier alpha value is -1.81. The number of nitrogens with one attached hydrogen (secondary N) is 1. The van der Waals surface area contributed by atoms with Crippen molar-refractivity contribution in [1.29, 1.82) is 0 Å². The fourth-order valence-electron chi connectivity index (χ4n) is 1.46. The Bertz CT molecular complexity index is 494. The standard InChI is InChI=1S/C13H13NO2S/c1-2-16-13(15)10-6-3-4-7-11(10)14-12-8-5-9-17-12/h3-9,14H,2H2,1H3. The van der Waals surface area contributed by atoms with Gasteiger partial charge in [0.2, 0.25) is 0 Å². The van der Waals surface area contributed by atoms with E-state index in [1.165, 1.54) is 0 Å². The molecular formula is C13H13NO2S. The fourth-order valence-corrected chi connectivity index (χ4v) is 2.09. The van der Waals surface area contributed by atoms with Crippen LogP contribution in [0.5, 0.6) is 0 Å². The monoisotopic (exact) mass is 247 g/mol. The van der Waals surface area contributed by atoms with Crippen molar-refractivity contribution in [2.75, 3.05) is 11.9 Å². The first-order chi connectivity index (χ1) is 8.31. The van der Waals surface area contributed by atoms with Crippen molar-refractivity contribution in [3.8, 4) is 0 Å². The van der Waals surface area contributed by atoms with Crippen molar-refractivity contribution in [2.45, 2.75) is 6.92 Å². The molecule has 0 spiro atoms. The number of carbonyl (C=O) groups excluding carboxylic acids is 1. The Morgan fingerprint density at radius 3 is 2.82 bits per heavy atom. The van der Waals surface area contributed by atoms with Gasteiger partial charge in [0, 0.05) is 0 Å². The summed E-state index contributed by atoms with van der Waals surface area (Å²) in [7, 11) is 0. The van der Waals surface area contributed by atoms with Crippen LogP contribution < -0.4 is 5.32 Å². The van der Waals surface area contributed by atoms with Gasteiger partial charge < -0.3 is 10.1 Å². The zero-order chi connectivity index (χ0) is 12.1. The summed E-state index contributed by atoms with van der Waals surface area (Å²) in [5.41, 5.74) is 1.33. The molecular weight excluding hydrogens is 234 g/mol. The summed E-state index contributed by atoms with van der Waals surface area (Å²) in [4.78, 5) is 11.7. The number of esters is 1. The van der Waals surface area contributed by atoms with E-state index in [-0.39, 0.29) is 5.97 Å². The zero-order valence-electron chi connectivity index (χ0n) is 9.47. The van der Waals surface area contributed by atoms with Crippen molar-refractivity contribution in [1.82, 2.24) is 0 Å². The van der Waals surface area contributed by atoms with Gasteiger partial charge in [-0.3, -0.25) is 0 Å². The number of carbonyl (C=O) groups is 1. The highest BCUT2D eigenvalue weighted by molar-refractivity contribution is 7.14. The van der Waals surface area contributed by atoms with Crippen molar-refractivity contribution in [3.05, 3.63) is 47.3 Å². The van der Waals surface area contributed by atoms with Crippen molar-refractivity contribution < 1.29 is 9.53 Å². The summed E-state index contributed by atoms with van der Waals surface area (Å²) >= 11 is 1.59. The van der Waals surface area contributed by atoms with E-state index in [0.717, 1.165) is 10.7 Å². The molecule has 0 bridgehead atoms. The van der Waals surface area contributed by atoms with Crippen LogP contribution in [0.2, 0.25) is 0 Å². The number of thiophene rings is 1. The summed E-state index contributed by atoms with van der Waals surface area (Å²) in [6.45, 7) is 2.18. The molecule has 0 amide bonds. The van der Waals surface area contributed by atoms with Crippen LogP contribution >= 0.6 is 11.3 Å². The van der Waals surface area contributed by atoms with E-state index < -0.39 is 0 Å². The molecule has 0 unspecified atom stereocenters. The van der Waals surface area contributed by atoms with E-state index in [9.17, 15) is 4.79 Å². The molecule has 4 heteroatoms. The molecule has 1 N–H and O–H groups in total. The molecule has 17 heavy (non-hydrogen) atoms. The van der Waals surface area contributed by atoms with Gasteiger partial charge >= 0.3 is 5.97 Å². The van der Waals surface area contributed by atoms with Gasteiger partial charge in [-0.2, -0.15) is 0 Å². The summed E-state index contributed by atoms with van der Waals surface area (Å²) in [6, 6.07) is 11.3. The Labute approximate surface area is 104 Å². The van der Waals surface area contributed by atoms with E-state index in [2.05, 4.69) is 5.32 Å². The molecule has 0 fully saturated rings. The van der Waals surface area contributed by atoms with E-state index in [0.29, 0.717) is 12.2 Å². The molecule has 0 radical (unpaired) electrons. The lowest BCUT2D eigenvalue weighted by Gasteiger charge is -2.09. The van der Waals surface area contributed by atoms with Gasteiger partial charge in [-0.15, -0.1) is 11.3 Å². The minimum absolute atomic E-state index is 0.299. The maximum absolute atomic E-state index is 11.7. The average molecular weight is 247 g/mol. The predicted octanol–water partition coefficient (Wildman–Crippen LogP) is 3.67. The number of para-hydroxylation sites is 1. The second-order valence-corrected chi connectivity index (χ2v) is 4.32. The number of hydrogen-bond acceptors (Lipinski definition) is 4. The zero-order valence-corrected chi connectivity index (χ0v) is 10.3. The largest absolute Gasteiger partial charge is 0.462 e. The lowest BCUT2D eigenvalue weighted by Crippen LogP contribution is -2.07. The van der Waals surface area contributed by atoms with Crippen LogP contribution in [0.25, 0.3) is 0 Å². The van der Waals surface area contributed by atoms with Crippen molar-refractivity contribution in [3.63, 3.8) is 0 Å². The van der Waals surface area contributed by atoms with Gasteiger partial charge in [-0.05, 0) is 36.6 Å². The highest BCUT2D eigenvalue weighted by Crippen LogP contribution is 2.24. The molecule has 0 aliphatic rings. The van der Waals surface area contributed by atoms with E-state index in [4.69, 9.17) is 4.74 Å². The van der Waals surface area contributed by atoms with Crippen LogP contribution in [0.3, 0.4) is 0 Å². The number of rotatable bonds is 4. The number of ether oxygens (including phenoxy) is 1. The molecule has 1 aromatic heterocycles. The maximum Gasteiger partial charge on any atom is 0.340 e. The van der Waals surface area contributed by atoms with Crippen LogP contribution in [0.4, 0.5) is 10.7 Å². The first kappa shape index (κ1) is 11.7. The highest BCUT2D eigenvalue weighted by atomic mass is 32.1. The van der Waals surface area contributed by atoms with Gasteiger partial charge in [0.1, 0.15) is 0 Å². The average Bonchev–Trinajstić information content (AvgIpc) is 2.83. The number of benzene rings is 1. The third-order valence-electron chi connectivity index (χ3n) is 2.20. The smallest absolute Gasteiger partial charge is 0.340 e. The normalized spacial score (nSPS) is 9.94. The van der Waals surface area contributed by atoms with E-state index in [1.54, 1.807) is 24.3 Å². The second-order valence-electron chi connectivity index (χ2n) is 3.37. The minimum Gasteiger partial charge on any atom is -0.462 e. The Morgan fingerprint density at radius 1 is 1.29 bits per heavy atom. The quantitative estimate of drug-likeness (QED) is 0.838. The number of hydrogen-bond donors (Lipinski definition) is 1. The Morgan fingerprint density at radius 2 is 2.12 bits per heavy atom. The van der Waals surface area contributed by atoms with E-state index in [1.807, 2.05) is 35.7 Å². The van der Waals surface area contributed by atoms with Gasteiger partial charge in [0.15, 0.2) is 0 Å². The highest BCUT2D eigenvalue weighted by Gasteiger charge is 2.11. The van der Waals surface area contributed by atoms with Crippen LogP contribution in [-0.2, 0) is 4.74 Å². The summed E-state index contributed by atoms with van der Waals surface area (Å²) in [5.74, 6) is -0.299. The molecule has 1 heterocycles. The van der Waals surface area contributed by atoms with Gasteiger partial charge in [-0.25, -0.2) is 4.79 Å². The van der Waals surface area contributed by atoms with Crippen LogP contribution in [0, 0.1) is 0 Å². The van der Waals surface area contributed by atoms with Crippen molar-refractivity contribution in [2.24, 2.45) is 0 Å². The predicted molar refractivity (Wildman–Crippen MR) is 70.0 cm³/mol. The molecule has 3 nitrogen and oxygen atoms in total. The molecule has 0 saturated heterocycles. The molecule has 2 aromatic rings. The molecule has 0 aliphatic carbocycles. The Balaban J connectivity index is 2.24. The summed E-state index contributed by atoms with van der Waals surface area (Å²) in [5, 5.41) is 6.19. The third-order valence-corrected chi connectivity index (χ3v) is 2.99. The first-order valence-corrected chi connectivity index (χ1v) is 6.26. The molecule has 0 aliphatic heterocycles. The minimum atomic E-state index is -0.299. The van der Waals surface area contributed by atoms with Gasteiger partial charge in [0.05, 0.1) is 22.9 Å².